The molecule has 126 valence electrons. The highest BCUT2D eigenvalue weighted by Gasteiger charge is 2.39. The van der Waals surface area contributed by atoms with E-state index in [-0.39, 0.29) is 12.3 Å². The maximum absolute atomic E-state index is 12.1. The Balaban J connectivity index is 1.57. The molecule has 24 heavy (non-hydrogen) atoms. The summed E-state index contributed by atoms with van der Waals surface area (Å²) >= 11 is 1.35. The van der Waals surface area contributed by atoms with Crippen LogP contribution in [0, 0.1) is 12.3 Å². The molecule has 2 aliphatic rings. The van der Waals surface area contributed by atoms with Crippen molar-refractivity contribution in [1.82, 2.24) is 4.98 Å². The molecule has 0 saturated heterocycles. The number of hydrogen-bond acceptors (Lipinski definition) is 7. The highest BCUT2D eigenvalue weighted by atomic mass is 32.1. The van der Waals surface area contributed by atoms with Gasteiger partial charge in [0.25, 0.3) is 0 Å². The number of terminal acetylenes is 1. The molecule has 1 aromatic heterocycles. The molecular weight excluding hydrogens is 328 g/mol. The van der Waals surface area contributed by atoms with Gasteiger partial charge in [0.1, 0.15) is 0 Å². The number of nitrogens with zero attached hydrogens (tertiary/aromatic N) is 3. The molecule has 1 fully saturated rings. The van der Waals surface area contributed by atoms with Crippen molar-refractivity contribution in [2.75, 3.05) is 12.4 Å². The van der Waals surface area contributed by atoms with Crippen molar-refractivity contribution in [3.05, 3.63) is 10.6 Å². The first-order chi connectivity index (χ1) is 11.6. The fourth-order valence-electron chi connectivity index (χ4n) is 2.41. The third kappa shape index (κ3) is 3.79. The van der Waals surface area contributed by atoms with Gasteiger partial charge in [0.2, 0.25) is 5.91 Å². The summed E-state index contributed by atoms with van der Waals surface area (Å²) in [6.45, 7) is 0. The number of aromatic nitrogens is 1. The summed E-state index contributed by atoms with van der Waals surface area (Å²) in [6, 6.07) is 0. The van der Waals surface area contributed by atoms with Crippen LogP contribution >= 0.6 is 11.3 Å². The van der Waals surface area contributed by atoms with E-state index in [2.05, 4.69) is 26.4 Å². The highest BCUT2D eigenvalue weighted by molar-refractivity contribution is 7.16. The Bertz CT molecular complexity index is 724. The molecule has 0 unspecified atom stereocenters. The van der Waals surface area contributed by atoms with Crippen molar-refractivity contribution in [3.8, 4) is 12.3 Å². The molecule has 0 radical (unpaired) electrons. The average molecular weight is 346 g/mol. The molecule has 1 aliphatic carbocycles. The van der Waals surface area contributed by atoms with E-state index in [0.29, 0.717) is 36.0 Å². The van der Waals surface area contributed by atoms with Gasteiger partial charge in [-0.1, -0.05) is 0 Å². The quantitative estimate of drug-likeness (QED) is 0.578. The van der Waals surface area contributed by atoms with Crippen LogP contribution in [0.25, 0.3) is 0 Å². The summed E-state index contributed by atoms with van der Waals surface area (Å²) in [5.41, 5.74) is -0.152. The van der Waals surface area contributed by atoms with E-state index in [0.717, 1.165) is 17.7 Å². The lowest BCUT2D eigenvalue weighted by molar-refractivity contribution is -0.116. The summed E-state index contributed by atoms with van der Waals surface area (Å²) < 4.78 is 4.76. The van der Waals surface area contributed by atoms with E-state index in [4.69, 9.17) is 11.2 Å². The summed E-state index contributed by atoms with van der Waals surface area (Å²) in [6.07, 6.45) is 9.41. The molecule has 7 nitrogen and oxygen atoms in total. The second-order valence-corrected chi connectivity index (χ2v) is 6.96. The molecule has 2 heterocycles. The molecule has 3 rings (SSSR count). The number of hydrogen-bond donors (Lipinski definition) is 1. The molecule has 1 saturated carbocycles. The minimum absolute atomic E-state index is 0.167. The van der Waals surface area contributed by atoms with Crippen molar-refractivity contribution in [2.45, 2.75) is 50.1 Å². The molecule has 0 spiro atoms. The van der Waals surface area contributed by atoms with Crippen molar-refractivity contribution in [1.29, 1.82) is 0 Å². The van der Waals surface area contributed by atoms with Crippen LogP contribution in [0.15, 0.2) is 10.2 Å². The third-order valence-corrected chi connectivity index (χ3v) is 5.16. The zero-order valence-electron chi connectivity index (χ0n) is 13.4. The van der Waals surface area contributed by atoms with Gasteiger partial charge in [-0.2, -0.15) is 10.2 Å². The summed E-state index contributed by atoms with van der Waals surface area (Å²) in [5, 5.41) is 11.2. The van der Waals surface area contributed by atoms with Gasteiger partial charge in [-0.15, -0.1) is 23.7 Å². The molecule has 1 aliphatic heterocycles. The number of amides is 1. The predicted molar refractivity (Wildman–Crippen MR) is 88.9 cm³/mol. The Hall–Kier alpha value is -2.27. The summed E-state index contributed by atoms with van der Waals surface area (Å²) in [4.78, 5) is 29.1. The molecule has 1 aromatic rings. The molecule has 1 amide bonds. The van der Waals surface area contributed by atoms with Gasteiger partial charge in [0.05, 0.1) is 7.11 Å². The Kier molecular flexibility index (Phi) is 4.62. The van der Waals surface area contributed by atoms with E-state index in [9.17, 15) is 9.59 Å². The lowest BCUT2D eigenvalue weighted by Gasteiger charge is -2.07. The smallest absolute Gasteiger partial charge is 0.357 e. The SMILES string of the molecule is C#CCCC1(CCC(=O)Nc2nc(C(=O)OC)c(C3CC3)s2)N=N1. The zero-order valence-corrected chi connectivity index (χ0v) is 14.2. The molecule has 0 aromatic carbocycles. The van der Waals surface area contributed by atoms with Gasteiger partial charge < -0.3 is 10.1 Å². The number of carbonyl (C=O) groups is 2. The maximum atomic E-state index is 12.1. The molecule has 8 heteroatoms. The van der Waals surface area contributed by atoms with Gasteiger partial charge in [0.15, 0.2) is 16.5 Å². The normalized spacial score (nSPS) is 17.2. The second kappa shape index (κ2) is 6.69. The number of esters is 1. The second-order valence-electron chi connectivity index (χ2n) is 5.93. The van der Waals surface area contributed by atoms with Gasteiger partial charge in [0, 0.05) is 30.6 Å². The first-order valence-electron chi connectivity index (χ1n) is 7.83. The predicted octanol–water partition coefficient (Wildman–Crippen LogP) is 3.10. The number of carbonyl (C=O) groups excluding carboxylic acids is 2. The summed E-state index contributed by atoms with van der Waals surface area (Å²) in [7, 11) is 1.33. The topological polar surface area (TPSA) is 93.0 Å². The Morgan fingerprint density at radius 2 is 2.17 bits per heavy atom. The fourth-order valence-corrected chi connectivity index (χ4v) is 3.55. The largest absolute Gasteiger partial charge is 0.464 e. The first-order valence-corrected chi connectivity index (χ1v) is 8.65. The number of methoxy groups -OCH3 is 1. The van der Waals surface area contributed by atoms with Gasteiger partial charge in [-0.25, -0.2) is 9.78 Å². The average Bonchev–Trinajstić information content (AvgIpc) is 3.50. The number of nitrogens with one attached hydrogen (secondary N) is 1. The van der Waals surface area contributed by atoms with Gasteiger partial charge in [-0.3, -0.25) is 4.79 Å². The molecule has 1 N–H and O–H groups in total. The Labute approximate surface area is 143 Å². The number of thiazole rings is 1. The van der Waals surface area contributed by atoms with Gasteiger partial charge in [-0.05, 0) is 18.8 Å². The Morgan fingerprint density at radius 1 is 1.42 bits per heavy atom. The van der Waals surface area contributed by atoms with E-state index < -0.39 is 11.6 Å². The van der Waals surface area contributed by atoms with Crippen LogP contribution in [0.5, 0.6) is 0 Å². The standard InChI is InChI=1S/C16H18N4O3S/c1-3-4-8-16(19-20-16)9-7-11(21)17-15-18-12(14(22)23-2)13(24-15)10-5-6-10/h1,10H,4-9H2,2H3,(H,17,18,21). The van der Waals surface area contributed by atoms with Crippen LogP contribution in [0.4, 0.5) is 5.13 Å². The van der Waals surface area contributed by atoms with Crippen molar-refractivity contribution < 1.29 is 14.3 Å². The number of rotatable bonds is 8. The first kappa shape index (κ1) is 16.6. The van der Waals surface area contributed by atoms with Crippen molar-refractivity contribution in [2.24, 2.45) is 10.2 Å². The monoisotopic (exact) mass is 346 g/mol. The number of ether oxygens (including phenoxy) is 1. The lowest BCUT2D eigenvalue weighted by atomic mass is 10.0. The van der Waals surface area contributed by atoms with Crippen LogP contribution < -0.4 is 5.32 Å². The zero-order chi connectivity index (χ0) is 17.2. The summed E-state index contributed by atoms with van der Waals surface area (Å²) in [5.74, 6) is 2.29. The minimum atomic E-state index is -0.469. The lowest BCUT2D eigenvalue weighted by Crippen LogP contribution is -2.17. The van der Waals surface area contributed by atoms with Gasteiger partial charge >= 0.3 is 5.97 Å². The van der Waals surface area contributed by atoms with E-state index >= 15 is 0 Å². The third-order valence-electron chi connectivity index (χ3n) is 4.03. The van der Waals surface area contributed by atoms with E-state index in [1.54, 1.807) is 0 Å². The van der Waals surface area contributed by atoms with Crippen LogP contribution in [-0.4, -0.2) is 29.6 Å². The van der Waals surface area contributed by atoms with E-state index in [1.165, 1.54) is 18.4 Å². The van der Waals surface area contributed by atoms with Crippen molar-refractivity contribution >= 4 is 28.3 Å². The van der Waals surface area contributed by atoms with Crippen molar-refractivity contribution in [3.63, 3.8) is 0 Å². The molecule has 0 bridgehead atoms. The van der Waals surface area contributed by atoms with Crippen LogP contribution in [-0.2, 0) is 9.53 Å². The van der Waals surface area contributed by atoms with Crippen LogP contribution in [0.3, 0.4) is 0 Å². The number of anilines is 1. The molecular formula is C16H18N4O3S. The molecule has 0 atom stereocenters. The van der Waals surface area contributed by atoms with E-state index in [1.807, 2.05) is 0 Å². The van der Waals surface area contributed by atoms with Crippen LogP contribution in [0.2, 0.25) is 0 Å². The maximum Gasteiger partial charge on any atom is 0.357 e. The fraction of sp³-hybridized carbons (Fsp3) is 0.562. The van der Waals surface area contributed by atoms with Crippen LogP contribution in [0.1, 0.15) is 59.8 Å². The minimum Gasteiger partial charge on any atom is -0.464 e. The highest BCUT2D eigenvalue weighted by Crippen LogP contribution is 2.45. The Morgan fingerprint density at radius 3 is 2.75 bits per heavy atom.